The summed E-state index contributed by atoms with van der Waals surface area (Å²) in [6, 6.07) is 0.578. The molecule has 2 heterocycles. The lowest BCUT2D eigenvalue weighted by molar-refractivity contribution is 0.312. The van der Waals surface area contributed by atoms with Crippen molar-refractivity contribution < 1.29 is 0 Å². The quantitative estimate of drug-likeness (QED) is 0.788. The van der Waals surface area contributed by atoms with Crippen LogP contribution in [0.1, 0.15) is 43.7 Å². The third-order valence-electron chi connectivity index (χ3n) is 3.70. The molecule has 0 spiro atoms. The maximum Gasteiger partial charge on any atom is 0.158 e. The summed E-state index contributed by atoms with van der Waals surface area (Å²) >= 11 is 6.02. The molecule has 0 radical (unpaired) electrons. The minimum atomic E-state index is 0.480. The molecule has 0 N–H and O–H groups in total. The van der Waals surface area contributed by atoms with E-state index in [0.717, 1.165) is 29.1 Å². The lowest BCUT2D eigenvalue weighted by Crippen LogP contribution is -2.20. The molecule has 1 aliphatic carbocycles. The van der Waals surface area contributed by atoms with Crippen LogP contribution in [0.25, 0.3) is 11.2 Å². The van der Waals surface area contributed by atoms with E-state index in [9.17, 15) is 0 Å². The van der Waals surface area contributed by atoms with Crippen molar-refractivity contribution >= 4 is 22.8 Å². The van der Waals surface area contributed by atoms with Crippen LogP contribution in [0, 0.1) is 0 Å². The highest BCUT2D eigenvalue weighted by Gasteiger charge is 2.27. The first-order chi connectivity index (χ1) is 8.26. The van der Waals surface area contributed by atoms with Gasteiger partial charge in [0.25, 0.3) is 0 Å². The van der Waals surface area contributed by atoms with E-state index in [0.29, 0.717) is 11.9 Å². The third kappa shape index (κ3) is 1.50. The second-order valence-electron chi connectivity index (χ2n) is 4.71. The summed E-state index contributed by atoms with van der Waals surface area (Å²) in [5, 5.41) is 4.54. The van der Waals surface area contributed by atoms with Crippen LogP contribution in [0.15, 0.2) is 0 Å². The Hall–Kier alpha value is -1.03. The molecule has 0 unspecified atom stereocenters. The number of nitrogens with zero attached hydrogens (tertiary/aromatic N) is 4. The predicted molar refractivity (Wildman–Crippen MR) is 68.3 cm³/mol. The van der Waals surface area contributed by atoms with Gasteiger partial charge in [-0.15, -0.1) is 11.6 Å². The fourth-order valence-corrected chi connectivity index (χ4v) is 2.80. The van der Waals surface area contributed by atoms with Gasteiger partial charge in [-0.3, -0.25) is 4.68 Å². The summed E-state index contributed by atoms with van der Waals surface area (Å²) in [6.07, 6.45) is 4.70. The molecule has 0 saturated heterocycles. The molecular formula is C12H17ClN4. The van der Waals surface area contributed by atoms with Crippen molar-refractivity contribution in [2.75, 3.05) is 0 Å². The number of imidazole rings is 1. The molecule has 0 bridgehead atoms. The SMILES string of the molecule is CCc1nn(C)c2c1nc(CCl)n2C1CCC1. The van der Waals surface area contributed by atoms with E-state index in [1.54, 1.807) is 0 Å². The van der Waals surface area contributed by atoms with Gasteiger partial charge < -0.3 is 4.57 Å². The Labute approximate surface area is 106 Å². The van der Waals surface area contributed by atoms with Gasteiger partial charge in [0.05, 0.1) is 11.6 Å². The molecule has 92 valence electrons. The maximum atomic E-state index is 6.02. The van der Waals surface area contributed by atoms with E-state index < -0.39 is 0 Å². The van der Waals surface area contributed by atoms with Gasteiger partial charge in [-0.1, -0.05) is 6.92 Å². The number of rotatable bonds is 3. The minimum Gasteiger partial charge on any atom is -0.309 e. The molecule has 0 atom stereocenters. The topological polar surface area (TPSA) is 35.6 Å². The van der Waals surface area contributed by atoms with Crippen molar-refractivity contribution in [3.8, 4) is 0 Å². The molecule has 5 heteroatoms. The molecular weight excluding hydrogens is 236 g/mol. The number of aryl methyl sites for hydroxylation is 2. The van der Waals surface area contributed by atoms with E-state index in [4.69, 9.17) is 11.6 Å². The summed E-state index contributed by atoms with van der Waals surface area (Å²) in [5.74, 6) is 1.47. The van der Waals surface area contributed by atoms with Crippen molar-refractivity contribution in [3.05, 3.63) is 11.5 Å². The Bertz CT molecular complexity index is 550. The highest BCUT2D eigenvalue weighted by molar-refractivity contribution is 6.16. The van der Waals surface area contributed by atoms with Crippen molar-refractivity contribution in [3.63, 3.8) is 0 Å². The number of hydrogen-bond acceptors (Lipinski definition) is 2. The standard InChI is InChI=1S/C12H17ClN4/c1-3-9-11-12(16(2)15-9)17(8-5-4-6-8)10(7-13)14-11/h8H,3-7H2,1-2H3. The van der Waals surface area contributed by atoms with Crippen LogP contribution < -0.4 is 0 Å². The molecule has 1 saturated carbocycles. The third-order valence-corrected chi connectivity index (χ3v) is 3.94. The summed E-state index contributed by atoms with van der Waals surface area (Å²) in [6.45, 7) is 2.12. The number of aromatic nitrogens is 4. The molecule has 2 aromatic rings. The van der Waals surface area contributed by atoms with Crippen molar-refractivity contribution in [1.29, 1.82) is 0 Å². The Morgan fingerprint density at radius 1 is 1.41 bits per heavy atom. The molecule has 0 amide bonds. The molecule has 4 nitrogen and oxygen atoms in total. The van der Waals surface area contributed by atoms with E-state index in [-0.39, 0.29) is 0 Å². The van der Waals surface area contributed by atoms with Crippen LogP contribution in [0.4, 0.5) is 0 Å². The van der Waals surface area contributed by atoms with Crippen LogP contribution in [-0.4, -0.2) is 19.3 Å². The van der Waals surface area contributed by atoms with Gasteiger partial charge in [0.15, 0.2) is 5.65 Å². The summed E-state index contributed by atoms with van der Waals surface area (Å²) in [4.78, 5) is 4.67. The fourth-order valence-electron chi connectivity index (χ4n) is 2.61. The summed E-state index contributed by atoms with van der Waals surface area (Å²) in [5.41, 5.74) is 3.26. The van der Waals surface area contributed by atoms with E-state index in [1.165, 1.54) is 19.3 Å². The van der Waals surface area contributed by atoms with Crippen LogP contribution in [0.3, 0.4) is 0 Å². The van der Waals surface area contributed by atoms with Crippen molar-refractivity contribution in [2.24, 2.45) is 7.05 Å². The highest BCUT2D eigenvalue weighted by atomic mass is 35.5. The lowest BCUT2D eigenvalue weighted by atomic mass is 9.93. The molecule has 2 aromatic heterocycles. The van der Waals surface area contributed by atoms with Gasteiger partial charge in [0, 0.05) is 13.1 Å². The lowest BCUT2D eigenvalue weighted by Gasteiger charge is -2.28. The summed E-state index contributed by atoms with van der Waals surface area (Å²) in [7, 11) is 2.00. The number of fused-ring (bicyclic) bond motifs is 1. The maximum absolute atomic E-state index is 6.02. The summed E-state index contributed by atoms with van der Waals surface area (Å²) < 4.78 is 4.26. The smallest absolute Gasteiger partial charge is 0.158 e. The highest BCUT2D eigenvalue weighted by Crippen LogP contribution is 2.36. The van der Waals surface area contributed by atoms with E-state index in [1.807, 2.05) is 11.7 Å². The fraction of sp³-hybridized carbons (Fsp3) is 0.667. The Balaban J connectivity index is 2.25. The van der Waals surface area contributed by atoms with Gasteiger partial charge in [-0.25, -0.2) is 4.98 Å². The average Bonchev–Trinajstić information content (AvgIpc) is 2.76. The predicted octanol–water partition coefficient (Wildman–Crippen LogP) is 2.80. The zero-order valence-corrected chi connectivity index (χ0v) is 11.0. The van der Waals surface area contributed by atoms with Crippen molar-refractivity contribution in [2.45, 2.75) is 44.5 Å². The van der Waals surface area contributed by atoms with Crippen LogP contribution >= 0.6 is 11.6 Å². The van der Waals surface area contributed by atoms with E-state index >= 15 is 0 Å². The number of halogens is 1. The first-order valence-corrected chi connectivity index (χ1v) is 6.78. The number of hydrogen-bond donors (Lipinski definition) is 0. The molecule has 17 heavy (non-hydrogen) atoms. The van der Waals surface area contributed by atoms with Crippen molar-refractivity contribution in [1.82, 2.24) is 19.3 Å². The second kappa shape index (κ2) is 4.02. The van der Waals surface area contributed by atoms with Gasteiger partial charge in [-0.2, -0.15) is 5.10 Å². The molecule has 0 aliphatic heterocycles. The first-order valence-electron chi connectivity index (χ1n) is 6.25. The average molecular weight is 253 g/mol. The van der Waals surface area contributed by atoms with Gasteiger partial charge in [0.2, 0.25) is 0 Å². The zero-order chi connectivity index (χ0) is 12.0. The monoisotopic (exact) mass is 252 g/mol. The van der Waals surface area contributed by atoms with Crippen LogP contribution in [0.2, 0.25) is 0 Å². The van der Waals surface area contributed by atoms with Crippen LogP contribution in [0.5, 0.6) is 0 Å². The van der Waals surface area contributed by atoms with Gasteiger partial charge >= 0.3 is 0 Å². The Morgan fingerprint density at radius 2 is 2.18 bits per heavy atom. The number of alkyl halides is 1. The Morgan fingerprint density at radius 3 is 2.71 bits per heavy atom. The molecule has 0 aromatic carbocycles. The van der Waals surface area contributed by atoms with Gasteiger partial charge in [-0.05, 0) is 25.7 Å². The van der Waals surface area contributed by atoms with E-state index in [2.05, 4.69) is 21.6 Å². The minimum absolute atomic E-state index is 0.480. The Kier molecular flexibility index (Phi) is 2.62. The molecule has 1 fully saturated rings. The second-order valence-corrected chi connectivity index (χ2v) is 4.98. The van der Waals surface area contributed by atoms with Crippen LogP contribution in [-0.2, 0) is 19.3 Å². The largest absolute Gasteiger partial charge is 0.309 e. The molecule has 3 rings (SSSR count). The zero-order valence-electron chi connectivity index (χ0n) is 10.3. The normalized spacial score (nSPS) is 16.6. The first kappa shape index (κ1) is 11.1. The molecule has 1 aliphatic rings. The van der Waals surface area contributed by atoms with Gasteiger partial charge in [0.1, 0.15) is 11.3 Å².